The van der Waals surface area contributed by atoms with E-state index in [9.17, 15) is 18.8 Å². The van der Waals surface area contributed by atoms with Gasteiger partial charge < -0.3 is 10.0 Å². The van der Waals surface area contributed by atoms with Crippen LogP contribution < -0.4 is 5.46 Å². The van der Waals surface area contributed by atoms with Gasteiger partial charge in [0.05, 0.1) is 5.52 Å². The van der Waals surface area contributed by atoms with Crippen LogP contribution in [0.3, 0.4) is 0 Å². The molecular weight excluding hydrogens is 275 g/mol. The van der Waals surface area contributed by atoms with Crippen LogP contribution in [0.4, 0.5) is 8.78 Å². The summed E-state index contributed by atoms with van der Waals surface area (Å²) in [5, 5.41) is 19.9. The monoisotopic (exact) mass is 291 g/mol. The molecule has 0 aliphatic heterocycles. The first kappa shape index (κ1) is 14.4. The molecule has 0 bridgehead atoms. The van der Waals surface area contributed by atoms with Gasteiger partial charge in [-0.05, 0) is 24.3 Å². The van der Waals surface area contributed by atoms with Crippen LogP contribution in [0.2, 0.25) is 0 Å². The van der Waals surface area contributed by atoms with Crippen molar-refractivity contribution < 1.29 is 18.8 Å². The highest BCUT2D eigenvalue weighted by Gasteiger charge is 2.37. The zero-order chi connectivity index (χ0) is 15.0. The van der Waals surface area contributed by atoms with Gasteiger partial charge in [0, 0.05) is 29.9 Å². The van der Waals surface area contributed by atoms with Crippen molar-refractivity contribution >= 4 is 23.5 Å². The number of hydrogen-bond donors (Lipinski definition) is 2. The first-order valence-corrected chi connectivity index (χ1v) is 7.10. The third-order valence-electron chi connectivity index (χ3n) is 4.17. The molecule has 3 nitrogen and oxygen atoms in total. The van der Waals surface area contributed by atoms with Crippen molar-refractivity contribution in [1.29, 1.82) is 0 Å². The van der Waals surface area contributed by atoms with Gasteiger partial charge in [-0.15, -0.1) is 0 Å². The van der Waals surface area contributed by atoms with Crippen molar-refractivity contribution in [3.8, 4) is 0 Å². The molecule has 21 heavy (non-hydrogen) atoms. The lowest BCUT2D eigenvalue weighted by molar-refractivity contribution is -0.0384. The van der Waals surface area contributed by atoms with E-state index in [0.717, 1.165) is 10.9 Å². The lowest BCUT2D eigenvalue weighted by Crippen LogP contribution is -2.36. The standard InChI is InChI=1S/C15H16BF2NO2/c17-15(18)7-5-10(6-8-15)14-12(16(20)21)9-11-3-1-2-4-13(11)19-14/h1-4,9-10,20-21H,5-8H2. The van der Waals surface area contributed by atoms with E-state index in [0.29, 0.717) is 24.0 Å². The number of pyridine rings is 1. The van der Waals surface area contributed by atoms with E-state index in [2.05, 4.69) is 4.98 Å². The van der Waals surface area contributed by atoms with Crippen molar-refractivity contribution in [2.75, 3.05) is 0 Å². The average Bonchev–Trinajstić information content (AvgIpc) is 2.46. The predicted molar refractivity (Wildman–Crippen MR) is 77.7 cm³/mol. The van der Waals surface area contributed by atoms with Crippen molar-refractivity contribution in [3.05, 3.63) is 36.0 Å². The Morgan fingerprint density at radius 1 is 1.14 bits per heavy atom. The minimum absolute atomic E-state index is 0.147. The van der Waals surface area contributed by atoms with Gasteiger partial charge in [-0.2, -0.15) is 0 Å². The Morgan fingerprint density at radius 2 is 1.81 bits per heavy atom. The second kappa shape index (κ2) is 5.35. The Labute approximate surface area is 121 Å². The first-order valence-electron chi connectivity index (χ1n) is 7.10. The number of para-hydroxylation sites is 1. The number of alkyl halides is 2. The van der Waals surface area contributed by atoms with E-state index in [4.69, 9.17) is 0 Å². The van der Waals surface area contributed by atoms with Crippen LogP contribution in [-0.4, -0.2) is 28.1 Å². The van der Waals surface area contributed by atoms with Gasteiger partial charge in [0.2, 0.25) is 5.92 Å². The summed E-state index contributed by atoms with van der Waals surface area (Å²) in [6, 6.07) is 9.06. The molecule has 1 aromatic carbocycles. The van der Waals surface area contributed by atoms with Gasteiger partial charge in [0.15, 0.2) is 0 Å². The average molecular weight is 291 g/mol. The van der Waals surface area contributed by atoms with Gasteiger partial charge in [0.1, 0.15) is 0 Å². The van der Waals surface area contributed by atoms with E-state index in [1.54, 1.807) is 6.07 Å². The Kier molecular flexibility index (Phi) is 3.67. The van der Waals surface area contributed by atoms with Gasteiger partial charge in [-0.3, -0.25) is 4.98 Å². The maximum Gasteiger partial charge on any atom is 0.490 e. The molecule has 1 aromatic heterocycles. The molecule has 2 N–H and O–H groups in total. The second-order valence-corrected chi connectivity index (χ2v) is 5.66. The molecule has 6 heteroatoms. The van der Waals surface area contributed by atoms with E-state index < -0.39 is 13.0 Å². The van der Waals surface area contributed by atoms with E-state index in [-0.39, 0.29) is 18.8 Å². The third kappa shape index (κ3) is 2.92. The summed E-state index contributed by atoms with van der Waals surface area (Å²) in [7, 11) is -1.64. The van der Waals surface area contributed by atoms with Gasteiger partial charge in [0.25, 0.3) is 0 Å². The molecule has 0 atom stereocenters. The largest absolute Gasteiger partial charge is 0.490 e. The number of nitrogens with zero attached hydrogens (tertiary/aromatic N) is 1. The number of hydrogen-bond acceptors (Lipinski definition) is 3. The minimum atomic E-state index is -2.61. The third-order valence-corrected chi connectivity index (χ3v) is 4.17. The van der Waals surface area contributed by atoms with Crippen LogP contribution >= 0.6 is 0 Å². The highest BCUT2D eigenvalue weighted by atomic mass is 19.3. The number of halogens is 2. The molecule has 0 radical (unpaired) electrons. The number of aromatic nitrogens is 1. The summed E-state index contributed by atoms with van der Waals surface area (Å²) in [5.74, 6) is -2.75. The molecular formula is C15H16BF2NO2. The van der Waals surface area contributed by atoms with Crippen LogP contribution in [0.5, 0.6) is 0 Å². The lowest BCUT2D eigenvalue weighted by Gasteiger charge is -2.29. The molecule has 0 saturated heterocycles. The quantitative estimate of drug-likeness (QED) is 0.834. The first-order chi connectivity index (χ1) is 9.96. The molecule has 0 spiro atoms. The van der Waals surface area contributed by atoms with Crippen molar-refractivity contribution in [2.45, 2.75) is 37.5 Å². The molecule has 0 amide bonds. The van der Waals surface area contributed by atoms with Crippen molar-refractivity contribution in [1.82, 2.24) is 4.98 Å². The fourth-order valence-corrected chi connectivity index (χ4v) is 2.99. The van der Waals surface area contributed by atoms with E-state index >= 15 is 0 Å². The highest BCUT2D eigenvalue weighted by Crippen LogP contribution is 2.40. The van der Waals surface area contributed by atoms with Crippen LogP contribution in [0.15, 0.2) is 30.3 Å². The fraction of sp³-hybridized carbons (Fsp3) is 0.400. The smallest absolute Gasteiger partial charge is 0.423 e. The normalized spacial score (nSPS) is 18.9. The highest BCUT2D eigenvalue weighted by molar-refractivity contribution is 6.59. The van der Waals surface area contributed by atoms with E-state index in [1.165, 1.54) is 0 Å². The Morgan fingerprint density at radius 3 is 2.48 bits per heavy atom. The summed E-state index contributed by atoms with van der Waals surface area (Å²) < 4.78 is 26.6. The van der Waals surface area contributed by atoms with Gasteiger partial charge in [-0.25, -0.2) is 8.78 Å². The Hall–Kier alpha value is -1.53. The number of benzene rings is 1. The van der Waals surface area contributed by atoms with Crippen LogP contribution in [-0.2, 0) is 0 Å². The fourth-order valence-electron chi connectivity index (χ4n) is 2.99. The minimum Gasteiger partial charge on any atom is -0.423 e. The summed E-state index contributed by atoms with van der Waals surface area (Å²) in [6.07, 6.45) is 0.288. The predicted octanol–water partition coefficient (Wildman–Crippen LogP) is 2.21. The zero-order valence-electron chi connectivity index (χ0n) is 11.5. The van der Waals surface area contributed by atoms with Gasteiger partial charge in [-0.1, -0.05) is 24.3 Å². The SMILES string of the molecule is OB(O)c1cc2ccccc2nc1C1CCC(F)(F)CC1. The molecule has 1 aliphatic rings. The molecule has 1 heterocycles. The van der Waals surface area contributed by atoms with E-state index in [1.807, 2.05) is 24.3 Å². The molecule has 0 unspecified atom stereocenters. The van der Waals surface area contributed by atoms with Crippen LogP contribution in [0.25, 0.3) is 10.9 Å². The summed E-state index contributed by atoms with van der Waals surface area (Å²) in [6.45, 7) is 0. The maximum atomic E-state index is 13.3. The summed E-state index contributed by atoms with van der Waals surface area (Å²) >= 11 is 0. The molecule has 3 rings (SSSR count). The van der Waals surface area contributed by atoms with Crippen LogP contribution in [0, 0.1) is 0 Å². The van der Waals surface area contributed by atoms with Crippen LogP contribution in [0.1, 0.15) is 37.3 Å². The second-order valence-electron chi connectivity index (χ2n) is 5.66. The Bertz CT molecular complexity index is 653. The van der Waals surface area contributed by atoms with Crippen molar-refractivity contribution in [2.24, 2.45) is 0 Å². The maximum absolute atomic E-state index is 13.3. The zero-order valence-corrected chi connectivity index (χ0v) is 11.5. The molecule has 2 aromatic rings. The number of rotatable bonds is 2. The molecule has 110 valence electrons. The topological polar surface area (TPSA) is 53.4 Å². The molecule has 1 fully saturated rings. The van der Waals surface area contributed by atoms with Gasteiger partial charge >= 0.3 is 7.12 Å². The van der Waals surface area contributed by atoms with Crippen molar-refractivity contribution in [3.63, 3.8) is 0 Å². The summed E-state index contributed by atoms with van der Waals surface area (Å²) in [4.78, 5) is 4.50. The lowest BCUT2D eigenvalue weighted by atomic mass is 9.72. The molecule has 1 aliphatic carbocycles. The summed E-state index contributed by atoms with van der Waals surface area (Å²) in [5.41, 5.74) is 1.61. The Balaban J connectivity index is 2.02. The molecule has 1 saturated carbocycles. The number of fused-ring (bicyclic) bond motifs is 1.